The van der Waals surface area contributed by atoms with E-state index in [2.05, 4.69) is 5.32 Å². The average Bonchev–Trinajstić information content (AvgIpc) is 3.21. The van der Waals surface area contributed by atoms with Crippen molar-refractivity contribution in [3.8, 4) is 5.75 Å². The van der Waals surface area contributed by atoms with Crippen LogP contribution in [-0.2, 0) is 11.0 Å². The molecule has 1 aliphatic rings. The van der Waals surface area contributed by atoms with E-state index in [4.69, 9.17) is 10.5 Å². The second kappa shape index (κ2) is 7.40. The first-order chi connectivity index (χ1) is 10.3. The lowest BCUT2D eigenvalue weighted by Gasteiger charge is -2.21. The Morgan fingerprint density at radius 2 is 2.00 bits per heavy atom. The van der Waals surface area contributed by atoms with E-state index in [1.165, 1.54) is 18.2 Å². The summed E-state index contributed by atoms with van der Waals surface area (Å²) in [6, 6.07) is 5.04. The standard InChI is InChI=1S/C15H19F3N2O2.ClH/c1-2-10(9-20-13(21)14(19)7-8-14)22-12-6-4-3-5-11(12)15(16,17)18;/h3-6,10H,2,7-9,19H2,1H3,(H,20,21);1H. The zero-order valence-electron chi connectivity index (χ0n) is 12.7. The Morgan fingerprint density at radius 1 is 1.39 bits per heavy atom. The van der Waals surface area contributed by atoms with Gasteiger partial charge in [0.05, 0.1) is 17.6 Å². The number of hydrogen-bond acceptors (Lipinski definition) is 3. The summed E-state index contributed by atoms with van der Waals surface area (Å²) in [5, 5.41) is 2.64. The number of nitrogens with one attached hydrogen (secondary N) is 1. The van der Waals surface area contributed by atoms with Gasteiger partial charge in [-0.1, -0.05) is 19.1 Å². The van der Waals surface area contributed by atoms with Gasteiger partial charge in [0.2, 0.25) is 5.91 Å². The van der Waals surface area contributed by atoms with Gasteiger partial charge in [0.15, 0.2) is 0 Å². The van der Waals surface area contributed by atoms with Crippen LogP contribution in [0.15, 0.2) is 24.3 Å². The Balaban J connectivity index is 0.00000264. The largest absolute Gasteiger partial charge is 0.488 e. The van der Waals surface area contributed by atoms with Crippen molar-refractivity contribution in [2.45, 2.75) is 44.0 Å². The van der Waals surface area contributed by atoms with Crippen LogP contribution < -0.4 is 15.8 Å². The Morgan fingerprint density at radius 3 is 2.52 bits per heavy atom. The number of rotatable bonds is 6. The van der Waals surface area contributed by atoms with Gasteiger partial charge in [0.25, 0.3) is 0 Å². The maximum atomic E-state index is 12.9. The van der Waals surface area contributed by atoms with Crippen molar-refractivity contribution < 1.29 is 22.7 Å². The Hall–Kier alpha value is -1.47. The zero-order valence-corrected chi connectivity index (χ0v) is 13.5. The molecule has 0 saturated heterocycles. The zero-order chi connectivity index (χ0) is 16.4. The number of carbonyl (C=O) groups is 1. The number of ether oxygens (including phenoxy) is 1. The van der Waals surface area contributed by atoms with Crippen LogP contribution >= 0.6 is 12.4 Å². The summed E-state index contributed by atoms with van der Waals surface area (Å²) < 4.78 is 44.2. The normalized spacial score (nSPS) is 16.9. The van der Waals surface area contributed by atoms with Crippen LogP contribution in [-0.4, -0.2) is 24.1 Å². The number of amides is 1. The summed E-state index contributed by atoms with van der Waals surface area (Å²) in [5.74, 6) is -0.511. The summed E-state index contributed by atoms with van der Waals surface area (Å²) in [6.45, 7) is 1.91. The molecule has 1 unspecified atom stereocenters. The molecule has 4 nitrogen and oxygen atoms in total. The van der Waals surface area contributed by atoms with E-state index >= 15 is 0 Å². The molecule has 0 spiro atoms. The number of halogens is 4. The van der Waals surface area contributed by atoms with Crippen molar-refractivity contribution in [1.82, 2.24) is 5.32 Å². The van der Waals surface area contributed by atoms with Crippen molar-refractivity contribution in [3.05, 3.63) is 29.8 Å². The van der Waals surface area contributed by atoms with E-state index in [9.17, 15) is 18.0 Å². The maximum absolute atomic E-state index is 12.9. The Labute approximate surface area is 139 Å². The summed E-state index contributed by atoms with van der Waals surface area (Å²) >= 11 is 0. The predicted molar refractivity (Wildman–Crippen MR) is 82.6 cm³/mol. The number of alkyl halides is 3. The second-order valence-electron chi connectivity index (χ2n) is 5.51. The molecule has 1 aliphatic carbocycles. The van der Waals surface area contributed by atoms with E-state index in [1.54, 1.807) is 6.92 Å². The van der Waals surface area contributed by atoms with Crippen LogP contribution in [0.5, 0.6) is 5.75 Å². The highest BCUT2D eigenvalue weighted by atomic mass is 35.5. The first-order valence-corrected chi connectivity index (χ1v) is 7.16. The number of benzene rings is 1. The van der Waals surface area contributed by atoms with Crippen LogP contribution in [0.4, 0.5) is 13.2 Å². The van der Waals surface area contributed by atoms with Gasteiger partial charge >= 0.3 is 6.18 Å². The molecule has 1 atom stereocenters. The average molecular weight is 353 g/mol. The Bertz CT molecular complexity index is 548. The van der Waals surface area contributed by atoms with Crippen molar-refractivity contribution >= 4 is 18.3 Å². The molecule has 1 aromatic carbocycles. The molecule has 1 amide bonds. The third-order valence-electron chi connectivity index (χ3n) is 3.67. The molecular weight excluding hydrogens is 333 g/mol. The fraction of sp³-hybridized carbons (Fsp3) is 0.533. The smallest absolute Gasteiger partial charge is 0.419 e. The monoisotopic (exact) mass is 352 g/mol. The molecule has 1 fully saturated rings. The van der Waals surface area contributed by atoms with Gasteiger partial charge < -0.3 is 15.8 Å². The molecule has 23 heavy (non-hydrogen) atoms. The Kier molecular flexibility index (Phi) is 6.30. The molecular formula is C15H20ClF3N2O2. The van der Waals surface area contributed by atoms with Crippen LogP contribution in [0.3, 0.4) is 0 Å². The minimum atomic E-state index is -4.48. The molecule has 0 aromatic heterocycles. The van der Waals surface area contributed by atoms with Crippen LogP contribution in [0, 0.1) is 0 Å². The molecule has 1 aromatic rings. The highest BCUT2D eigenvalue weighted by Gasteiger charge is 2.45. The number of carbonyl (C=O) groups excluding carboxylic acids is 1. The topological polar surface area (TPSA) is 64.4 Å². The quantitative estimate of drug-likeness (QED) is 0.827. The van der Waals surface area contributed by atoms with Gasteiger partial charge in [-0.25, -0.2) is 0 Å². The maximum Gasteiger partial charge on any atom is 0.419 e. The fourth-order valence-electron chi connectivity index (χ4n) is 2.00. The van der Waals surface area contributed by atoms with Crippen molar-refractivity contribution in [2.75, 3.05) is 6.54 Å². The van der Waals surface area contributed by atoms with E-state index in [0.717, 1.165) is 6.07 Å². The fourth-order valence-corrected chi connectivity index (χ4v) is 2.00. The van der Waals surface area contributed by atoms with Gasteiger partial charge in [-0.2, -0.15) is 13.2 Å². The van der Waals surface area contributed by atoms with E-state index in [0.29, 0.717) is 19.3 Å². The highest BCUT2D eigenvalue weighted by molar-refractivity contribution is 5.88. The molecule has 0 aliphatic heterocycles. The number of hydrogen-bond donors (Lipinski definition) is 2. The summed E-state index contributed by atoms with van der Waals surface area (Å²) in [4.78, 5) is 11.8. The molecule has 1 saturated carbocycles. The minimum Gasteiger partial charge on any atom is -0.488 e. The van der Waals surface area contributed by atoms with Crippen molar-refractivity contribution in [1.29, 1.82) is 0 Å². The molecule has 8 heteroatoms. The summed E-state index contributed by atoms with van der Waals surface area (Å²) in [7, 11) is 0. The van der Waals surface area contributed by atoms with Crippen LogP contribution in [0.2, 0.25) is 0 Å². The van der Waals surface area contributed by atoms with Gasteiger partial charge in [0.1, 0.15) is 11.9 Å². The van der Waals surface area contributed by atoms with Gasteiger partial charge in [0, 0.05) is 0 Å². The molecule has 0 heterocycles. The van der Waals surface area contributed by atoms with E-state index in [-0.39, 0.29) is 30.6 Å². The van der Waals surface area contributed by atoms with Gasteiger partial charge in [-0.05, 0) is 31.4 Å². The van der Waals surface area contributed by atoms with Gasteiger partial charge in [-0.3, -0.25) is 4.79 Å². The predicted octanol–water partition coefficient (Wildman–Crippen LogP) is 2.89. The first-order valence-electron chi connectivity index (χ1n) is 7.16. The van der Waals surface area contributed by atoms with E-state index in [1.807, 2.05) is 0 Å². The summed E-state index contributed by atoms with van der Waals surface area (Å²) in [6.07, 6.45) is -3.30. The first kappa shape index (κ1) is 19.6. The van der Waals surface area contributed by atoms with Crippen molar-refractivity contribution in [3.63, 3.8) is 0 Å². The second-order valence-corrected chi connectivity index (χ2v) is 5.51. The van der Waals surface area contributed by atoms with Crippen LogP contribution in [0.25, 0.3) is 0 Å². The van der Waals surface area contributed by atoms with Crippen LogP contribution in [0.1, 0.15) is 31.7 Å². The molecule has 2 rings (SSSR count). The van der Waals surface area contributed by atoms with Gasteiger partial charge in [-0.15, -0.1) is 12.4 Å². The highest BCUT2D eigenvalue weighted by Crippen LogP contribution is 2.36. The lowest BCUT2D eigenvalue weighted by Crippen LogP contribution is -2.46. The van der Waals surface area contributed by atoms with Crippen molar-refractivity contribution in [2.24, 2.45) is 5.73 Å². The minimum absolute atomic E-state index is 0. The number of para-hydroxylation sites is 1. The summed E-state index contributed by atoms with van der Waals surface area (Å²) in [5.41, 5.74) is 4.12. The molecule has 0 bridgehead atoms. The third-order valence-corrected chi connectivity index (χ3v) is 3.67. The lowest BCUT2D eigenvalue weighted by molar-refractivity contribution is -0.139. The molecule has 130 valence electrons. The number of nitrogens with two attached hydrogens (primary N) is 1. The lowest BCUT2D eigenvalue weighted by atomic mass is 10.2. The third kappa shape index (κ3) is 5.00. The molecule has 3 N–H and O–H groups in total. The van der Waals surface area contributed by atoms with E-state index < -0.39 is 23.4 Å². The molecule has 0 radical (unpaired) electrons. The SMILES string of the molecule is CCC(CNC(=O)C1(N)CC1)Oc1ccccc1C(F)(F)F.Cl.